The molecule has 0 unspecified atom stereocenters. The van der Waals surface area contributed by atoms with Gasteiger partial charge in [0.15, 0.2) is 5.83 Å². The number of hydrogen-bond acceptors (Lipinski definition) is 1. The zero-order valence-electron chi connectivity index (χ0n) is 11.2. The molecular formula is C14H11F5N2O. The highest BCUT2D eigenvalue weighted by Crippen LogP contribution is 2.46. The summed E-state index contributed by atoms with van der Waals surface area (Å²) in [7, 11) is 0. The summed E-state index contributed by atoms with van der Waals surface area (Å²) in [6.45, 7) is 0. The van der Waals surface area contributed by atoms with Gasteiger partial charge in [-0.15, -0.1) is 0 Å². The van der Waals surface area contributed by atoms with Crippen molar-refractivity contribution in [3.05, 3.63) is 22.9 Å². The highest BCUT2D eigenvalue weighted by atomic mass is 19.4. The molecule has 1 atom stereocenters. The SMILES string of the molecule is O=C1NC2=C(C(F)=C(F)CC2)[C@@](C#CC2CC2)(C(F)(F)F)N1. The quantitative estimate of drug-likeness (QED) is 0.523. The van der Waals surface area contributed by atoms with Crippen molar-refractivity contribution in [3.63, 3.8) is 0 Å². The lowest BCUT2D eigenvalue weighted by atomic mass is 9.81. The Bertz CT molecular complexity index is 663. The highest BCUT2D eigenvalue weighted by Gasteiger charge is 2.62. The van der Waals surface area contributed by atoms with Crippen LogP contribution >= 0.6 is 0 Å². The summed E-state index contributed by atoms with van der Waals surface area (Å²) >= 11 is 0. The van der Waals surface area contributed by atoms with Crippen LogP contribution in [0.3, 0.4) is 0 Å². The number of carbonyl (C=O) groups is 1. The molecule has 0 aromatic heterocycles. The lowest BCUT2D eigenvalue weighted by molar-refractivity contribution is -0.166. The summed E-state index contributed by atoms with van der Waals surface area (Å²) in [6.07, 6.45) is -4.38. The Hall–Kier alpha value is -2.04. The maximum absolute atomic E-state index is 14.1. The highest BCUT2D eigenvalue weighted by molar-refractivity contribution is 5.82. The minimum Gasteiger partial charge on any atom is -0.311 e. The standard InChI is InChI=1S/C14H11F5N2O/c15-8-3-4-9-10(11(8)16)13(14(17,18)19,21-12(22)20-9)6-5-7-1-2-7/h7H,1-4H2,(H2,20,21,22)/t13-/m0/s1. The molecule has 2 amide bonds. The van der Waals surface area contributed by atoms with Gasteiger partial charge >= 0.3 is 12.2 Å². The predicted octanol–water partition coefficient (Wildman–Crippen LogP) is 3.21. The molecule has 1 fully saturated rings. The number of halogens is 5. The normalized spacial score (nSPS) is 28.5. The summed E-state index contributed by atoms with van der Waals surface area (Å²) in [5.41, 5.74) is -4.45. The first-order valence-electron chi connectivity index (χ1n) is 6.71. The summed E-state index contributed by atoms with van der Waals surface area (Å²) in [5, 5.41) is 3.78. The Balaban J connectivity index is 2.22. The van der Waals surface area contributed by atoms with Gasteiger partial charge in [-0.05, 0) is 19.3 Å². The first kappa shape index (κ1) is 14.9. The van der Waals surface area contributed by atoms with Crippen LogP contribution in [-0.2, 0) is 0 Å². The Morgan fingerprint density at radius 2 is 1.86 bits per heavy atom. The third kappa shape index (κ3) is 2.25. The average molecular weight is 318 g/mol. The fraction of sp³-hybridized carbons (Fsp3) is 0.500. The first-order chi connectivity index (χ1) is 10.2. The van der Waals surface area contributed by atoms with E-state index in [1.807, 2.05) is 5.92 Å². The maximum atomic E-state index is 14.1. The van der Waals surface area contributed by atoms with Crippen molar-refractivity contribution < 1.29 is 26.7 Å². The summed E-state index contributed by atoms with van der Waals surface area (Å²) in [4.78, 5) is 11.6. The molecule has 3 aliphatic rings. The van der Waals surface area contributed by atoms with Crippen molar-refractivity contribution in [2.24, 2.45) is 5.92 Å². The molecule has 8 heteroatoms. The molecule has 0 aromatic rings. The van der Waals surface area contributed by atoms with Crippen LogP contribution in [0.25, 0.3) is 0 Å². The molecule has 118 valence electrons. The van der Waals surface area contributed by atoms with Gasteiger partial charge in [0.25, 0.3) is 0 Å². The van der Waals surface area contributed by atoms with Gasteiger partial charge in [0, 0.05) is 18.0 Å². The molecule has 0 spiro atoms. The molecule has 2 N–H and O–H groups in total. The molecule has 0 radical (unpaired) electrons. The monoisotopic (exact) mass is 318 g/mol. The molecule has 22 heavy (non-hydrogen) atoms. The Morgan fingerprint density at radius 1 is 1.18 bits per heavy atom. The number of rotatable bonds is 0. The van der Waals surface area contributed by atoms with Crippen LogP contribution < -0.4 is 10.6 Å². The van der Waals surface area contributed by atoms with Gasteiger partial charge in [0.05, 0.1) is 5.57 Å². The zero-order valence-corrected chi connectivity index (χ0v) is 11.2. The molecule has 1 aliphatic heterocycles. The van der Waals surface area contributed by atoms with E-state index in [-0.39, 0.29) is 18.0 Å². The van der Waals surface area contributed by atoms with Crippen molar-refractivity contribution in [1.29, 1.82) is 0 Å². The van der Waals surface area contributed by atoms with Crippen LogP contribution in [0.2, 0.25) is 0 Å². The molecule has 0 saturated heterocycles. The lowest BCUT2D eigenvalue weighted by Crippen LogP contribution is -2.65. The van der Waals surface area contributed by atoms with E-state index in [1.54, 1.807) is 5.32 Å². The fourth-order valence-electron chi connectivity index (χ4n) is 2.47. The van der Waals surface area contributed by atoms with E-state index >= 15 is 0 Å². The molecule has 1 heterocycles. The number of allylic oxidation sites excluding steroid dienone is 2. The van der Waals surface area contributed by atoms with Crippen LogP contribution in [0.4, 0.5) is 26.7 Å². The van der Waals surface area contributed by atoms with E-state index in [0.717, 1.165) is 0 Å². The summed E-state index contributed by atoms with van der Waals surface area (Å²) < 4.78 is 68.5. The van der Waals surface area contributed by atoms with Gasteiger partial charge in [0.1, 0.15) is 5.83 Å². The smallest absolute Gasteiger partial charge is 0.311 e. The van der Waals surface area contributed by atoms with Gasteiger partial charge in [-0.25, -0.2) is 13.6 Å². The van der Waals surface area contributed by atoms with Crippen LogP contribution in [0.5, 0.6) is 0 Å². The van der Waals surface area contributed by atoms with Crippen LogP contribution in [0.1, 0.15) is 25.7 Å². The third-order valence-corrected chi connectivity index (χ3v) is 3.76. The molecule has 0 aromatic carbocycles. The van der Waals surface area contributed by atoms with Crippen LogP contribution in [-0.4, -0.2) is 17.7 Å². The molecular weight excluding hydrogens is 307 g/mol. The number of hydrogen-bond donors (Lipinski definition) is 2. The summed E-state index contributed by atoms with van der Waals surface area (Å²) in [6, 6.07) is -1.13. The van der Waals surface area contributed by atoms with Crippen molar-refractivity contribution in [1.82, 2.24) is 10.6 Å². The predicted molar refractivity (Wildman–Crippen MR) is 66.5 cm³/mol. The molecule has 3 rings (SSSR count). The van der Waals surface area contributed by atoms with Crippen LogP contribution in [0, 0.1) is 17.8 Å². The topological polar surface area (TPSA) is 41.1 Å². The fourth-order valence-corrected chi connectivity index (χ4v) is 2.47. The largest absolute Gasteiger partial charge is 0.427 e. The number of urea groups is 1. The van der Waals surface area contributed by atoms with Gasteiger partial charge in [-0.1, -0.05) is 11.8 Å². The first-order valence-corrected chi connectivity index (χ1v) is 6.71. The molecule has 3 nitrogen and oxygen atoms in total. The van der Waals surface area contributed by atoms with Gasteiger partial charge in [0.2, 0.25) is 5.54 Å². The second kappa shape index (κ2) is 4.73. The number of alkyl halides is 3. The van der Waals surface area contributed by atoms with E-state index in [9.17, 15) is 26.7 Å². The lowest BCUT2D eigenvalue weighted by Gasteiger charge is -2.39. The van der Waals surface area contributed by atoms with E-state index in [4.69, 9.17) is 0 Å². The van der Waals surface area contributed by atoms with Crippen molar-refractivity contribution in [3.8, 4) is 11.8 Å². The van der Waals surface area contributed by atoms with Gasteiger partial charge in [-0.2, -0.15) is 13.2 Å². The minimum absolute atomic E-state index is 0.199. The second-order valence-corrected chi connectivity index (χ2v) is 5.44. The number of nitrogens with one attached hydrogen (secondary N) is 2. The maximum Gasteiger partial charge on any atom is 0.427 e. The molecule has 2 aliphatic carbocycles. The van der Waals surface area contributed by atoms with E-state index < -0.39 is 41.4 Å². The van der Waals surface area contributed by atoms with E-state index in [0.29, 0.717) is 12.8 Å². The third-order valence-electron chi connectivity index (χ3n) is 3.76. The Labute approximate surface area is 122 Å². The van der Waals surface area contributed by atoms with E-state index in [2.05, 4.69) is 11.2 Å². The number of amides is 2. The Kier molecular flexibility index (Phi) is 3.20. The second-order valence-electron chi connectivity index (χ2n) is 5.44. The minimum atomic E-state index is -5.08. The molecule has 0 bridgehead atoms. The van der Waals surface area contributed by atoms with Crippen molar-refractivity contribution >= 4 is 6.03 Å². The van der Waals surface area contributed by atoms with Gasteiger partial charge < -0.3 is 10.6 Å². The van der Waals surface area contributed by atoms with E-state index in [1.165, 1.54) is 0 Å². The number of carbonyl (C=O) groups excluding carboxylic acids is 1. The average Bonchev–Trinajstić information content (AvgIpc) is 3.23. The summed E-state index contributed by atoms with van der Waals surface area (Å²) in [5.74, 6) is 1.31. The van der Waals surface area contributed by atoms with Gasteiger partial charge in [-0.3, -0.25) is 0 Å². The van der Waals surface area contributed by atoms with Crippen LogP contribution in [0.15, 0.2) is 22.9 Å². The Morgan fingerprint density at radius 3 is 2.45 bits per heavy atom. The zero-order chi connectivity index (χ0) is 16.1. The van der Waals surface area contributed by atoms with Crippen molar-refractivity contribution in [2.75, 3.05) is 0 Å². The van der Waals surface area contributed by atoms with Crippen molar-refractivity contribution in [2.45, 2.75) is 37.4 Å². The molecule has 1 saturated carbocycles.